The zero-order valence-electron chi connectivity index (χ0n) is 16.2. The van der Waals surface area contributed by atoms with Gasteiger partial charge in [0, 0.05) is 0 Å². The van der Waals surface area contributed by atoms with E-state index in [-0.39, 0.29) is 0 Å². The molecule has 1 saturated carbocycles. The van der Waals surface area contributed by atoms with Crippen molar-refractivity contribution in [3.8, 4) is 11.1 Å². The Morgan fingerprint density at radius 2 is 1.58 bits per heavy atom. The average Bonchev–Trinajstić information content (AvgIpc) is 2.73. The first-order chi connectivity index (χ1) is 12.8. The number of fused-ring (bicyclic) bond motifs is 1. The molecule has 2 aromatic carbocycles. The van der Waals surface area contributed by atoms with Crippen LogP contribution in [0.25, 0.3) is 11.1 Å². The molecule has 26 heavy (non-hydrogen) atoms. The highest BCUT2D eigenvalue weighted by atomic mass is 14.3. The highest BCUT2D eigenvalue weighted by Gasteiger charge is 2.29. The minimum absolute atomic E-state index is 0.781. The molecule has 1 atom stereocenters. The van der Waals surface area contributed by atoms with E-state index in [1.807, 2.05) is 0 Å². The molecule has 0 amide bonds. The van der Waals surface area contributed by atoms with Crippen molar-refractivity contribution in [1.82, 2.24) is 0 Å². The molecule has 0 N–H and O–H groups in total. The fourth-order valence-corrected chi connectivity index (χ4v) is 5.15. The summed E-state index contributed by atoms with van der Waals surface area (Å²) in [7, 11) is 0. The van der Waals surface area contributed by atoms with Crippen molar-refractivity contribution in [2.45, 2.75) is 58.3 Å². The molecule has 0 heterocycles. The average molecular weight is 345 g/mol. The summed E-state index contributed by atoms with van der Waals surface area (Å²) in [6.45, 7) is 6.21. The molecule has 1 fully saturated rings. The number of benzene rings is 2. The Morgan fingerprint density at radius 1 is 0.846 bits per heavy atom. The third-order valence-corrected chi connectivity index (χ3v) is 6.98. The van der Waals surface area contributed by atoms with Gasteiger partial charge in [0.25, 0.3) is 0 Å². The van der Waals surface area contributed by atoms with Crippen LogP contribution in [0.15, 0.2) is 55.1 Å². The highest BCUT2D eigenvalue weighted by Crippen LogP contribution is 2.40. The lowest BCUT2D eigenvalue weighted by Gasteiger charge is -2.36. The number of hydrogen-bond acceptors (Lipinski definition) is 0. The van der Waals surface area contributed by atoms with E-state index in [9.17, 15) is 0 Å². The second-order valence-electron chi connectivity index (χ2n) is 8.45. The standard InChI is InChI=1S/C26H32/c1-3-19-5-9-21(10-6-19)23-13-15-26-18-24(14-16-25(26)17-23)22-11-7-20(4-2)8-12-22/h3,7-8,11-12,14,16,18-19,21,23H,1,4-6,9-10,13,15,17H2,2H3. The number of allylic oxidation sites excluding steroid dienone is 1. The molecule has 0 aromatic heterocycles. The highest BCUT2D eigenvalue weighted by molar-refractivity contribution is 5.65. The van der Waals surface area contributed by atoms with Crippen LogP contribution in [0.3, 0.4) is 0 Å². The first-order valence-electron chi connectivity index (χ1n) is 10.6. The van der Waals surface area contributed by atoms with Gasteiger partial charge in [-0.3, -0.25) is 0 Å². The van der Waals surface area contributed by atoms with Crippen LogP contribution in [0.4, 0.5) is 0 Å². The van der Waals surface area contributed by atoms with Crippen LogP contribution in [0.1, 0.15) is 55.7 Å². The van der Waals surface area contributed by atoms with E-state index in [4.69, 9.17) is 0 Å². The molecule has 2 aliphatic carbocycles. The van der Waals surface area contributed by atoms with E-state index in [2.05, 4.69) is 62.0 Å². The lowest BCUT2D eigenvalue weighted by Crippen LogP contribution is -2.26. The molecule has 0 heteroatoms. The summed E-state index contributed by atoms with van der Waals surface area (Å²) in [6.07, 6.45) is 12.8. The van der Waals surface area contributed by atoms with Crippen molar-refractivity contribution >= 4 is 0 Å². The largest absolute Gasteiger partial charge is 0.103 e. The Bertz CT molecular complexity index is 744. The van der Waals surface area contributed by atoms with E-state index in [1.54, 1.807) is 11.1 Å². The maximum Gasteiger partial charge on any atom is -0.0181 e. The zero-order chi connectivity index (χ0) is 17.9. The van der Waals surface area contributed by atoms with Crippen LogP contribution in [0, 0.1) is 17.8 Å². The molecule has 4 rings (SSSR count). The lowest BCUT2D eigenvalue weighted by molar-refractivity contribution is 0.206. The topological polar surface area (TPSA) is 0 Å². The van der Waals surface area contributed by atoms with Gasteiger partial charge in [-0.2, -0.15) is 0 Å². The summed E-state index contributed by atoms with van der Waals surface area (Å²) in [6, 6.07) is 16.3. The van der Waals surface area contributed by atoms with E-state index in [0.29, 0.717) is 0 Å². The van der Waals surface area contributed by atoms with Crippen molar-refractivity contribution < 1.29 is 0 Å². The molecule has 0 saturated heterocycles. The summed E-state index contributed by atoms with van der Waals surface area (Å²) < 4.78 is 0. The predicted molar refractivity (Wildman–Crippen MR) is 112 cm³/mol. The summed E-state index contributed by atoms with van der Waals surface area (Å²) in [5, 5.41) is 0. The minimum Gasteiger partial charge on any atom is -0.103 e. The Morgan fingerprint density at radius 3 is 2.27 bits per heavy atom. The van der Waals surface area contributed by atoms with E-state index < -0.39 is 0 Å². The van der Waals surface area contributed by atoms with Crippen molar-refractivity contribution in [3.05, 3.63) is 71.8 Å². The van der Waals surface area contributed by atoms with Crippen LogP contribution in [0.5, 0.6) is 0 Å². The first-order valence-corrected chi connectivity index (χ1v) is 10.6. The number of aryl methyl sites for hydroxylation is 2. The quantitative estimate of drug-likeness (QED) is 0.523. The summed E-state index contributed by atoms with van der Waals surface area (Å²) in [4.78, 5) is 0. The molecule has 136 valence electrons. The molecule has 0 aliphatic heterocycles. The molecule has 0 spiro atoms. The normalized spacial score (nSPS) is 25.5. The van der Waals surface area contributed by atoms with Gasteiger partial charge in [-0.05, 0) is 96.9 Å². The Balaban J connectivity index is 1.46. The van der Waals surface area contributed by atoms with Gasteiger partial charge in [-0.15, -0.1) is 6.58 Å². The fraction of sp³-hybridized carbons (Fsp3) is 0.462. The van der Waals surface area contributed by atoms with Gasteiger partial charge in [0.1, 0.15) is 0 Å². The maximum atomic E-state index is 3.99. The SMILES string of the molecule is C=CC1CCC(C2CCc3cc(-c4ccc(CC)cc4)ccc3C2)CC1. The van der Waals surface area contributed by atoms with Gasteiger partial charge in [0.2, 0.25) is 0 Å². The molecule has 0 bridgehead atoms. The summed E-state index contributed by atoms with van der Waals surface area (Å²) >= 11 is 0. The Labute approximate surface area is 159 Å². The second kappa shape index (κ2) is 7.82. The first kappa shape index (κ1) is 17.6. The summed E-state index contributed by atoms with van der Waals surface area (Å²) in [5.74, 6) is 2.63. The lowest BCUT2D eigenvalue weighted by atomic mass is 9.69. The van der Waals surface area contributed by atoms with Gasteiger partial charge < -0.3 is 0 Å². The number of hydrogen-bond donors (Lipinski definition) is 0. The smallest absolute Gasteiger partial charge is 0.0181 e. The molecule has 1 unspecified atom stereocenters. The van der Waals surface area contributed by atoms with Crippen LogP contribution < -0.4 is 0 Å². The molecule has 2 aliphatic rings. The van der Waals surface area contributed by atoms with Crippen molar-refractivity contribution in [2.75, 3.05) is 0 Å². The second-order valence-corrected chi connectivity index (χ2v) is 8.45. The van der Waals surface area contributed by atoms with Crippen LogP contribution in [0.2, 0.25) is 0 Å². The van der Waals surface area contributed by atoms with Crippen LogP contribution in [-0.2, 0) is 19.3 Å². The Hall–Kier alpha value is -1.82. The molecule has 0 radical (unpaired) electrons. The zero-order valence-corrected chi connectivity index (χ0v) is 16.2. The van der Waals surface area contributed by atoms with Crippen molar-refractivity contribution in [1.29, 1.82) is 0 Å². The van der Waals surface area contributed by atoms with Crippen LogP contribution >= 0.6 is 0 Å². The monoisotopic (exact) mass is 344 g/mol. The van der Waals surface area contributed by atoms with Crippen molar-refractivity contribution in [3.63, 3.8) is 0 Å². The predicted octanol–water partition coefficient (Wildman–Crippen LogP) is 7.01. The Kier molecular flexibility index (Phi) is 5.29. The molecule has 2 aromatic rings. The van der Waals surface area contributed by atoms with E-state index >= 15 is 0 Å². The molecular weight excluding hydrogens is 312 g/mol. The van der Waals surface area contributed by atoms with Gasteiger partial charge in [-0.25, -0.2) is 0 Å². The number of rotatable bonds is 4. The van der Waals surface area contributed by atoms with Crippen molar-refractivity contribution in [2.24, 2.45) is 17.8 Å². The minimum atomic E-state index is 0.781. The van der Waals surface area contributed by atoms with Gasteiger partial charge in [-0.1, -0.05) is 55.5 Å². The van der Waals surface area contributed by atoms with Gasteiger partial charge in [0.05, 0.1) is 0 Å². The fourth-order valence-electron chi connectivity index (χ4n) is 5.15. The van der Waals surface area contributed by atoms with E-state index in [0.717, 1.165) is 24.2 Å². The van der Waals surface area contributed by atoms with E-state index in [1.165, 1.54) is 61.6 Å². The third-order valence-electron chi connectivity index (χ3n) is 6.98. The maximum absolute atomic E-state index is 3.99. The van der Waals surface area contributed by atoms with Gasteiger partial charge >= 0.3 is 0 Å². The molecular formula is C26H32. The van der Waals surface area contributed by atoms with Crippen LogP contribution in [-0.4, -0.2) is 0 Å². The summed E-state index contributed by atoms with van der Waals surface area (Å²) in [5.41, 5.74) is 7.37. The van der Waals surface area contributed by atoms with Gasteiger partial charge in [0.15, 0.2) is 0 Å². The molecule has 0 nitrogen and oxygen atoms in total. The third kappa shape index (κ3) is 3.65.